The molecule has 1 aromatic rings. The van der Waals surface area contributed by atoms with Crippen LogP contribution in [0.3, 0.4) is 0 Å². The third-order valence-corrected chi connectivity index (χ3v) is 3.61. The van der Waals surface area contributed by atoms with Crippen LogP contribution < -0.4 is 5.73 Å². The van der Waals surface area contributed by atoms with Crippen molar-refractivity contribution < 1.29 is 10.2 Å². The van der Waals surface area contributed by atoms with Gasteiger partial charge in [0.05, 0.1) is 19.3 Å². The van der Waals surface area contributed by atoms with E-state index in [0.717, 1.165) is 12.0 Å². The lowest BCUT2D eigenvalue weighted by molar-refractivity contribution is 0.107. The van der Waals surface area contributed by atoms with Crippen LogP contribution in [-0.2, 0) is 0 Å². The molecule has 0 saturated heterocycles. The molecule has 0 spiro atoms. The van der Waals surface area contributed by atoms with Gasteiger partial charge in [-0.05, 0) is 18.1 Å². The standard InChI is InChI=1S/C14H23ClN2O2/c1-2-13(16)14(17(7-9-18)8-10-19)11-5-3-4-6-12(11)15/h3-6,13-14,18-19H,2,7-10,16H2,1H3. The van der Waals surface area contributed by atoms with Crippen molar-refractivity contribution in [3.8, 4) is 0 Å². The van der Waals surface area contributed by atoms with Gasteiger partial charge in [-0.2, -0.15) is 0 Å². The second-order valence-corrected chi connectivity index (χ2v) is 4.93. The van der Waals surface area contributed by atoms with Gasteiger partial charge in [0.1, 0.15) is 0 Å². The largest absolute Gasteiger partial charge is 0.395 e. The second kappa shape index (κ2) is 8.51. The van der Waals surface area contributed by atoms with E-state index in [4.69, 9.17) is 17.3 Å². The van der Waals surface area contributed by atoms with Crippen molar-refractivity contribution in [1.29, 1.82) is 0 Å². The third kappa shape index (κ3) is 4.44. The molecule has 4 nitrogen and oxygen atoms in total. The van der Waals surface area contributed by atoms with E-state index in [0.29, 0.717) is 18.1 Å². The first-order chi connectivity index (χ1) is 9.15. The van der Waals surface area contributed by atoms with Crippen molar-refractivity contribution in [2.45, 2.75) is 25.4 Å². The number of benzene rings is 1. The number of halogens is 1. The molecule has 0 bridgehead atoms. The van der Waals surface area contributed by atoms with E-state index in [-0.39, 0.29) is 25.3 Å². The Hall–Kier alpha value is -0.650. The summed E-state index contributed by atoms with van der Waals surface area (Å²) in [4.78, 5) is 1.98. The SMILES string of the molecule is CCC(N)C(c1ccccc1Cl)N(CCO)CCO. The van der Waals surface area contributed by atoms with E-state index in [1.165, 1.54) is 0 Å². The Labute approximate surface area is 119 Å². The summed E-state index contributed by atoms with van der Waals surface area (Å²) in [5, 5.41) is 19.0. The quantitative estimate of drug-likeness (QED) is 0.676. The van der Waals surface area contributed by atoms with Gasteiger partial charge in [0, 0.05) is 24.2 Å². The number of aliphatic hydroxyl groups is 2. The monoisotopic (exact) mass is 286 g/mol. The average Bonchev–Trinajstić information content (AvgIpc) is 2.41. The predicted molar refractivity (Wildman–Crippen MR) is 78.2 cm³/mol. The topological polar surface area (TPSA) is 69.7 Å². The van der Waals surface area contributed by atoms with Crippen molar-refractivity contribution in [2.75, 3.05) is 26.3 Å². The van der Waals surface area contributed by atoms with Crippen molar-refractivity contribution >= 4 is 11.6 Å². The molecular formula is C14H23ClN2O2. The van der Waals surface area contributed by atoms with Crippen molar-refractivity contribution in [2.24, 2.45) is 5.73 Å². The van der Waals surface area contributed by atoms with E-state index in [1.54, 1.807) is 0 Å². The molecule has 0 aliphatic heterocycles. The molecule has 0 fully saturated rings. The van der Waals surface area contributed by atoms with Crippen LogP contribution in [0.5, 0.6) is 0 Å². The lowest BCUT2D eigenvalue weighted by Crippen LogP contribution is -2.43. The van der Waals surface area contributed by atoms with Crippen molar-refractivity contribution in [1.82, 2.24) is 4.90 Å². The normalized spacial score (nSPS) is 14.6. The molecule has 2 atom stereocenters. The highest BCUT2D eigenvalue weighted by atomic mass is 35.5. The van der Waals surface area contributed by atoms with E-state index in [1.807, 2.05) is 36.1 Å². The van der Waals surface area contributed by atoms with Gasteiger partial charge in [-0.1, -0.05) is 36.7 Å². The van der Waals surface area contributed by atoms with Gasteiger partial charge in [-0.15, -0.1) is 0 Å². The van der Waals surface area contributed by atoms with Crippen LogP contribution in [0.4, 0.5) is 0 Å². The predicted octanol–water partition coefficient (Wildman–Crippen LogP) is 1.41. The van der Waals surface area contributed by atoms with Crippen molar-refractivity contribution in [3.05, 3.63) is 34.9 Å². The number of hydrogen-bond acceptors (Lipinski definition) is 4. The smallest absolute Gasteiger partial charge is 0.0558 e. The summed E-state index contributed by atoms with van der Waals surface area (Å²) in [6, 6.07) is 7.39. The Morgan fingerprint density at radius 3 is 2.26 bits per heavy atom. The molecule has 0 saturated carbocycles. The molecule has 19 heavy (non-hydrogen) atoms. The number of aliphatic hydroxyl groups excluding tert-OH is 2. The Kier molecular flexibility index (Phi) is 7.34. The highest BCUT2D eigenvalue weighted by molar-refractivity contribution is 6.31. The highest BCUT2D eigenvalue weighted by Gasteiger charge is 2.26. The van der Waals surface area contributed by atoms with Crippen LogP contribution >= 0.6 is 11.6 Å². The molecule has 5 heteroatoms. The fraction of sp³-hybridized carbons (Fsp3) is 0.571. The number of nitrogens with two attached hydrogens (primary N) is 1. The molecule has 2 unspecified atom stereocenters. The Balaban J connectivity index is 3.08. The van der Waals surface area contributed by atoms with E-state index < -0.39 is 0 Å². The first-order valence-corrected chi connectivity index (χ1v) is 6.99. The first kappa shape index (κ1) is 16.4. The van der Waals surface area contributed by atoms with Crippen LogP contribution in [-0.4, -0.2) is 47.5 Å². The molecule has 0 heterocycles. The summed E-state index contributed by atoms with van der Waals surface area (Å²) < 4.78 is 0. The molecule has 0 aliphatic rings. The van der Waals surface area contributed by atoms with E-state index >= 15 is 0 Å². The zero-order valence-electron chi connectivity index (χ0n) is 11.3. The second-order valence-electron chi connectivity index (χ2n) is 4.52. The molecule has 1 aromatic carbocycles. The van der Waals surface area contributed by atoms with Crippen LogP contribution in [0, 0.1) is 0 Å². The maximum atomic E-state index is 9.19. The van der Waals surface area contributed by atoms with Gasteiger partial charge in [0.15, 0.2) is 0 Å². The zero-order chi connectivity index (χ0) is 14.3. The van der Waals surface area contributed by atoms with Gasteiger partial charge in [0.2, 0.25) is 0 Å². The Bertz CT molecular complexity index is 370. The summed E-state index contributed by atoms with van der Waals surface area (Å²) in [7, 11) is 0. The molecule has 0 aromatic heterocycles. The zero-order valence-corrected chi connectivity index (χ0v) is 12.1. The summed E-state index contributed by atoms with van der Waals surface area (Å²) in [5.41, 5.74) is 7.16. The maximum absolute atomic E-state index is 9.19. The number of nitrogens with zero attached hydrogens (tertiary/aromatic N) is 1. The molecule has 1 rings (SSSR count). The Morgan fingerprint density at radius 2 is 1.79 bits per heavy atom. The first-order valence-electron chi connectivity index (χ1n) is 6.61. The summed E-state index contributed by atoms with van der Waals surface area (Å²) >= 11 is 6.26. The summed E-state index contributed by atoms with van der Waals surface area (Å²) in [6.07, 6.45) is 0.795. The van der Waals surface area contributed by atoms with Crippen LogP contribution in [0.1, 0.15) is 24.9 Å². The lowest BCUT2D eigenvalue weighted by atomic mass is 9.96. The fourth-order valence-corrected chi connectivity index (χ4v) is 2.53. The lowest BCUT2D eigenvalue weighted by Gasteiger charge is -2.35. The molecular weight excluding hydrogens is 264 g/mol. The maximum Gasteiger partial charge on any atom is 0.0558 e. The summed E-state index contributed by atoms with van der Waals surface area (Å²) in [5.74, 6) is 0. The third-order valence-electron chi connectivity index (χ3n) is 3.27. The molecule has 108 valence electrons. The van der Waals surface area contributed by atoms with Gasteiger partial charge >= 0.3 is 0 Å². The number of rotatable bonds is 8. The van der Waals surface area contributed by atoms with Gasteiger partial charge in [0.25, 0.3) is 0 Å². The van der Waals surface area contributed by atoms with Gasteiger partial charge in [-0.3, -0.25) is 4.90 Å². The fourth-order valence-electron chi connectivity index (χ4n) is 2.28. The Morgan fingerprint density at radius 1 is 1.21 bits per heavy atom. The highest BCUT2D eigenvalue weighted by Crippen LogP contribution is 2.30. The minimum atomic E-state index is -0.0991. The van der Waals surface area contributed by atoms with Gasteiger partial charge < -0.3 is 15.9 Å². The minimum absolute atomic E-state index is 0.0252. The van der Waals surface area contributed by atoms with E-state index in [2.05, 4.69) is 0 Å². The minimum Gasteiger partial charge on any atom is -0.395 e. The summed E-state index contributed by atoms with van der Waals surface area (Å²) in [6.45, 7) is 2.99. The molecule has 0 radical (unpaired) electrons. The number of hydrogen-bond donors (Lipinski definition) is 3. The molecule has 4 N–H and O–H groups in total. The molecule has 0 aliphatic carbocycles. The van der Waals surface area contributed by atoms with Crippen molar-refractivity contribution in [3.63, 3.8) is 0 Å². The van der Waals surface area contributed by atoms with Gasteiger partial charge in [-0.25, -0.2) is 0 Å². The average molecular weight is 287 g/mol. The van der Waals surface area contributed by atoms with Crippen LogP contribution in [0.25, 0.3) is 0 Å². The van der Waals surface area contributed by atoms with E-state index in [9.17, 15) is 10.2 Å². The van der Waals surface area contributed by atoms with Crippen LogP contribution in [0.2, 0.25) is 5.02 Å². The molecule has 0 amide bonds. The van der Waals surface area contributed by atoms with Crippen LogP contribution in [0.15, 0.2) is 24.3 Å².